The van der Waals surface area contributed by atoms with Crippen molar-refractivity contribution in [3.05, 3.63) is 77.1 Å². The molecule has 4 unspecified atom stereocenters. The molecule has 326 valence electrons. The van der Waals surface area contributed by atoms with E-state index in [1.807, 2.05) is 0 Å². The minimum atomic E-state index is -1.64. The number of likely N-dealkylation sites (tertiary alicyclic amines) is 1. The second kappa shape index (κ2) is 20.7. The number of amides is 5. The number of aliphatic imine (C=N–C) groups is 1. The first-order chi connectivity index (χ1) is 29.5. The van der Waals surface area contributed by atoms with Gasteiger partial charge in [0.2, 0.25) is 11.8 Å². The number of hydrogen-bond acceptors (Lipinski definition) is 15. The van der Waals surface area contributed by atoms with Crippen LogP contribution in [0.4, 0.5) is 0 Å². The average Bonchev–Trinajstić information content (AvgIpc) is 3.95. The molecule has 4 N–H and O–H groups in total. The summed E-state index contributed by atoms with van der Waals surface area (Å²) in [6.07, 6.45) is 0.0986. The van der Waals surface area contributed by atoms with Crippen LogP contribution in [0, 0.1) is 5.92 Å². The van der Waals surface area contributed by atoms with Crippen molar-refractivity contribution < 1.29 is 72.5 Å². The summed E-state index contributed by atoms with van der Waals surface area (Å²) in [4.78, 5) is 152. The highest BCUT2D eigenvalue weighted by Gasteiger charge is 2.41. The Bertz CT molecular complexity index is 2170. The standard InChI is InChI=1S/C41H42N6O15/c1-22-4-11-30(48)37(22)61-41(60)24-7-5-23(6-8-24)18-42-20-27-10-9-25(19-43-27)39(58)45-28(17-34(52)53)40(59)46-14-2-3-29(46)31(49)15-26(38(57)44-21-35(54)55)16-36(56)62-47-32(50)12-13-33(47)51/h5-10,18-19,26,28-29,37H,1-4,11-17,20-21H2,(H,44,57)(H,45,58)(H,52,53)(H,54,55). The average molecular weight is 859 g/mol. The van der Waals surface area contributed by atoms with Crippen LogP contribution in [-0.2, 0) is 59.3 Å². The number of carboxylic acids is 2. The Kier molecular flexibility index (Phi) is 15.2. The number of carbonyl (C=O) groups is 11. The number of carboxylic acid groups (broad SMARTS) is 2. The second-order valence-electron chi connectivity index (χ2n) is 14.6. The number of Topliss-reactive ketones (excluding diaryl/α,β-unsaturated/α-hetero) is 2. The third kappa shape index (κ3) is 12.1. The van der Waals surface area contributed by atoms with Crippen LogP contribution >= 0.6 is 0 Å². The fourth-order valence-electron chi connectivity index (χ4n) is 6.82. The number of imide groups is 1. The maximum Gasteiger partial charge on any atom is 0.339 e. The van der Waals surface area contributed by atoms with Crippen molar-refractivity contribution in [2.75, 3.05) is 13.1 Å². The van der Waals surface area contributed by atoms with E-state index in [1.165, 1.54) is 36.7 Å². The zero-order valence-electron chi connectivity index (χ0n) is 33.1. The Morgan fingerprint density at radius 2 is 1.58 bits per heavy atom. The van der Waals surface area contributed by atoms with Crippen molar-refractivity contribution in [2.45, 2.75) is 82.5 Å². The first kappa shape index (κ1) is 45.6. The number of nitrogens with zero attached hydrogens (tertiary/aromatic N) is 4. The van der Waals surface area contributed by atoms with Gasteiger partial charge in [-0.1, -0.05) is 18.7 Å². The molecule has 3 heterocycles. The minimum Gasteiger partial charge on any atom is -0.481 e. The Balaban J connectivity index is 1.17. The van der Waals surface area contributed by atoms with Gasteiger partial charge in [0.15, 0.2) is 17.7 Å². The van der Waals surface area contributed by atoms with E-state index in [0.717, 1.165) is 4.90 Å². The third-order valence-corrected chi connectivity index (χ3v) is 10.0. The Morgan fingerprint density at radius 3 is 2.19 bits per heavy atom. The molecule has 0 bridgehead atoms. The Morgan fingerprint density at radius 1 is 0.887 bits per heavy atom. The maximum absolute atomic E-state index is 13.8. The molecule has 2 aliphatic heterocycles. The minimum absolute atomic E-state index is 0.0230. The number of benzene rings is 1. The summed E-state index contributed by atoms with van der Waals surface area (Å²) in [5, 5.41) is 23.3. The molecule has 2 saturated heterocycles. The van der Waals surface area contributed by atoms with Crippen molar-refractivity contribution in [1.29, 1.82) is 0 Å². The van der Waals surface area contributed by atoms with E-state index in [0.29, 0.717) is 23.3 Å². The van der Waals surface area contributed by atoms with Crippen LogP contribution in [0.5, 0.6) is 0 Å². The molecular formula is C41H42N6O15. The zero-order chi connectivity index (χ0) is 45.1. The quantitative estimate of drug-likeness (QED) is 0.0646. The van der Waals surface area contributed by atoms with Crippen LogP contribution in [0.25, 0.3) is 0 Å². The normalized spacial score (nSPS) is 18.4. The van der Waals surface area contributed by atoms with E-state index in [1.54, 1.807) is 12.1 Å². The zero-order valence-corrected chi connectivity index (χ0v) is 33.1. The number of ketones is 2. The fraction of sp³-hybridized carbons (Fsp3) is 0.390. The molecule has 1 aliphatic carbocycles. The first-order valence-corrected chi connectivity index (χ1v) is 19.4. The van der Waals surface area contributed by atoms with Gasteiger partial charge < -0.3 is 35.3 Å². The molecule has 1 saturated carbocycles. The predicted octanol–water partition coefficient (Wildman–Crippen LogP) is 0.483. The van der Waals surface area contributed by atoms with Crippen LogP contribution in [0.15, 0.2) is 59.7 Å². The third-order valence-electron chi connectivity index (χ3n) is 10.0. The highest BCUT2D eigenvalue weighted by atomic mass is 16.7. The summed E-state index contributed by atoms with van der Waals surface area (Å²) in [5.74, 6) is -11.6. The highest BCUT2D eigenvalue weighted by Crippen LogP contribution is 2.26. The molecular weight excluding hydrogens is 816 g/mol. The van der Waals surface area contributed by atoms with E-state index < -0.39 is 109 Å². The van der Waals surface area contributed by atoms with E-state index in [9.17, 15) is 57.8 Å². The lowest BCUT2D eigenvalue weighted by molar-refractivity contribution is -0.198. The van der Waals surface area contributed by atoms with E-state index in [2.05, 4.69) is 27.2 Å². The van der Waals surface area contributed by atoms with Crippen LogP contribution in [-0.4, -0.2) is 128 Å². The number of rotatable bonds is 19. The number of aromatic nitrogens is 1. The van der Waals surface area contributed by atoms with Crippen molar-refractivity contribution in [3.63, 3.8) is 0 Å². The van der Waals surface area contributed by atoms with Crippen LogP contribution in [0.1, 0.15) is 89.8 Å². The van der Waals surface area contributed by atoms with Gasteiger partial charge >= 0.3 is 23.9 Å². The van der Waals surface area contributed by atoms with E-state index in [4.69, 9.17) is 14.7 Å². The molecule has 0 radical (unpaired) electrons. The van der Waals surface area contributed by atoms with Crippen molar-refractivity contribution >= 4 is 71.2 Å². The molecule has 2 aromatic rings. The smallest absolute Gasteiger partial charge is 0.339 e. The summed E-state index contributed by atoms with van der Waals surface area (Å²) in [7, 11) is 0. The van der Waals surface area contributed by atoms with Gasteiger partial charge in [-0.05, 0) is 54.7 Å². The lowest BCUT2D eigenvalue weighted by Crippen LogP contribution is -2.52. The molecule has 5 rings (SSSR count). The molecule has 5 amide bonds. The molecule has 4 atom stereocenters. The number of hydrogen-bond donors (Lipinski definition) is 4. The highest BCUT2D eigenvalue weighted by molar-refractivity contribution is 6.02. The van der Waals surface area contributed by atoms with Gasteiger partial charge in [0.1, 0.15) is 12.6 Å². The number of esters is 1. The number of ether oxygens (including phenoxy) is 1. The van der Waals surface area contributed by atoms with Gasteiger partial charge in [-0.25, -0.2) is 9.59 Å². The number of aliphatic carboxylic acids is 2. The van der Waals surface area contributed by atoms with Crippen molar-refractivity contribution in [1.82, 2.24) is 25.6 Å². The van der Waals surface area contributed by atoms with E-state index >= 15 is 0 Å². The van der Waals surface area contributed by atoms with Crippen molar-refractivity contribution in [3.8, 4) is 0 Å². The molecule has 21 nitrogen and oxygen atoms in total. The summed E-state index contributed by atoms with van der Waals surface area (Å²) in [6.45, 7) is 2.98. The monoisotopic (exact) mass is 858 g/mol. The SMILES string of the molecule is C=C1CCC(=O)C1OC(=O)c1ccc(C=NCc2ccc(C(=O)NC(CC(=O)O)C(=O)N3CCCC3C(=O)CC(CC(=O)ON3C(=O)CCC3=O)C(=O)NCC(=O)O)cn2)cc1. The molecule has 3 fully saturated rings. The lowest BCUT2D eigenvalue weighted by atomic mass is 9.93. The maximum atomic E-state index is 13.8. The molecule has 21 heteroatoms. The van der Waals surface area contributed by atoms with Gasteiger partial charge in [-0.15, -0.1) is 5.06 Å². The van der Waals surface area contributed by atoms with Crippen molar-refractivity contribution in [2.24, 2.45) is 10.9 Å². The van der Waals surface area contributed by atoms with Gasteiger partial charge in [0, 0.05) is 44.6 Å². The van der Waals surface area contributed by atoms with E-state index in [-0.39, 0.29) is 67.2 Å². The van der Waals surface area contributed by atoms with Gasteiger partial charge in [-0.3, -0.25) is 53.1 Å². The topological polar surface area (TPSA) is 302 Å². The summed E-state index contributed by atoms with van der Waals surface area (Å²) in [6, 6.07) is 6.34. The second-order valence-corrected chi connectivity index (χ2v) is 14.6. The summed E-state index contributed by atoms with van der Waals surface area (Å²) < 4.78 is 5.30. The van der Waals surface area contributed by atoms with Crippen LogP contribution < -0.4 is 10.6 Å². The Hall–Kier alpha value is -7.45. The molecule has 0 spiro atoms. The summed E-state index contributed by atoms with van der Waals surface area (Å²) in [5.41, 5.74) is 1.86. The first-order valence-electron chi connectivity index (χ1n) is 19.4. The predicted molar refractivity (Wildman–Crippen MR) is 208 cm³/mol. The largest absolute Gasteiger partial charge is 0.481 e. The van der Waals surface area contributed by atoms with Gasteiger partial charge in [0.05, 0.1) is 48.2 Å². The molecule has 3 aliphatic rings. The van der Waals surface area contributed by atoms with Crippen LogP contribution in [0.3, 0.4) is 0 Å². The molecule has 1 aromatic carbocycles. The van der Waals surface area contributed by atoms with Gasteiger partial charge in [-0.2, -0.15) is 0 Å². The number of pyridine rings is 1. The number of carbonyl (C=O) groups excluding carboxylic acids is 9. The number of hydroxylamine groups is 2. The molecule has 62 heavy (non-hydrogen) atoms. The number of nitrogens with one attached hydrogen (secondary N) is 2. The van der Waals surface area contributed by atoms with Gasteiger partial charge in [0.25, 0.3) is 17.7 Å². The lowest BCUT2D eigenvalue weighted by Gasteiger charge is -2.29. The summed E-state index contributed by atoms with van der Waals surface area (Å²) >= 11 is 0. The Labute approximate surface area is 352 Å². The fourth-order valence-corrected chi connectivity index (χ4v) is 6.82. The molecule has 1 aromatic heterocycles. The van der Waals surface area contributed by atoms with Crippen LogP contribution in [0.2, 0.25) is 0 Å².